The average molecular weight is 253 g/mol. The normalized spacial score (nSPS) is 14.8. The number of nitrogens with one attached hydrogen (secondary N) is 1. The first-order valence-electron chi connectivity index (χ1n) is 4.98. The second-order valence-electron chi connectivity index (χ2n) is 4.92. The Labute approximate surface area is 95.5 Å². The molecule has 1 amide bonds. The number of hydrogen-bond acceptors (Lipinski definition) is 3. The predicted octanol–water partition coefficient (Wildman–Crippen LogP) is 1.67. The molecule has 0 fully saturated rings. The summed E-state index contributed by atoms with van der Waals surface area (Å²) in [5.41, 5.74) is -0.694. The van der Waals surface area contributed by atoms with Gasteiger partial charge in [0.1, 0.15) is 11.4 Å². The van der Waals surface area contributed by atoms with Crippen LogP contribution in [-0.2, 0) is 9.30 Å². The van der Waals surface area contributed by atoms with Gasteiger partial charge in [-0.05, 0) is 26.7 Å². The smallest absolute Gasteiger partial charge is 0.408 e. The lowest BCUT2D eigenvalue weighted by Gasteiger charge is -2.26. The monoisotopic (exact) mass is 253 g/mol. The average Bonchev–Trinajstić information content (AvgIpc) is 1.93. The molecule has 0 aromatic heterocycles. The van der Waals surface area contributed by atoms with E-state index in [1.807, 2.05) is 0 Å². The largest absolute Gasteiger partial charge is 0.444 e. The fraction of sp³-hybridized carbons (Fsp3) is 0.889. The fourth-order valence-electron chi connectivity index (χ4n) is 1.07. The zero-order valence-corrected chi connectivity index (χ0v) is 11.1. The molecule has 16 heavy (non-hydrogen) atoms. The molecule has 0 aromatic rings. The van der Waals surface area contributed by atoms with Crippen molar-refractivity contribution in [3.05, 3.63) is 0 Å². The molecule has 0 saturated heterocycles. The van der Waals surface area contributed by atoms with Crippen LogP contribution in [0.5, 0.6) is 0 Å². The summed E-state index contributed by atoms with van der Waals surface area (Å²) in [6, 6.07) is 0. The van der Waals surface area contributed by atoms with Crippen LogP contribution >= 0.6 is 7.60 Å². The van der Waals surface area contributed by atoms with Crippen LogP contribution in [0.15, 0.2) is 0 Å². The Kier molecular flexibility index (Phi) is 4.98. The number of rotatable bonds is 3. The third-order valence-electron chi connectivity index (χ3n) is 1.66. The number of carbonyl (C=O) groups is 1. The molecule has 7 heteroatoms. The van der Waals surface area contributed by atoms with Crippen molar-refractivity contribution in [2.75, 3.05) is 0 Å². The Morgan fingerprint density at radius 3 is 2.00 bits per heavy atom. The highest BCUT2D eigenvalue weighted by Crippen LogP contribution is 2.43. The van der Waals surface area contributed by atoms with E-state index in [0.717, 1.165) is 0 Å². The van der Waals surface area contributed by atoms with E-state index in [1.54, 1.807) is 34.6 Å². The van der Waals surface area contributed by atoms with Crippen LogP contribution in [0.2, 0.25) is 0 Å². The van der Waals surface area contributed by atoms with E-state index < -0.39 is 25.1 Å². The van der Waals surface area contributed by atoms with Gasteiger partial charge in [-0.15, -0.1) is 0 Å². The van der Waals surface area contributed by atoms with Crippen molar-refractivity contribution in [2.24, 2.45) is 5.92 Å². The van der Waals surface area contributed by atoms with Crippen LogP contribution in [0, 0.1) is 5.92 Å². The van der Waals surface area contributed by atoms with Crippen molar-refractivity contribution >= 4 is 13.7 Å². The Bertz CT molecular complexity index is 291. The van der Waals surface area contributed by atoms with Gasteiger partial charge in [0.2, 0.25) is 0 Å². The lowest BCUT2D eigenvalue weighted by atomic mass is 10.2. The van der Waals surface area contributed by atoms with Crippen LogP contribution in [0.4, 0.5) is 4.79 Å². The van der Waals surface area contributed by atoms with E-state index in [-0.39, 0.29) is 5.92 Å². The molecule has 0 spiro atoms. The molecule has 3 N–H and O–H groups in total. The number of amides is 1. The minimum absolute atomic E-state index is 0.381. The number of hydrogen-bond donors (Lipinski definition) is 3. The van der Waals surface area contributed by atoms with Crippen molar-refractivity contribution in [1.29, 1.82) is 0 Å². The van der Waals surface area contributed by atoms with Gasteiger partial charge in [-0.2, -0.15) is 0 Å². The predicted molar refractivity (Wildman–Crippen MR) is 60.0 cm³/mol. The Balaban J connectivity index is 4.56. The van der Waals surface area contributed by atoms with Crippen LogP contribution in [0.3, 0.4) is 0 Å². The van der Waals surface area contributed by atoms with Gasteiger partial charge in [-0.1, -0.05) is 13.8 Å². The lowest BCUT2D eigenvalue weighted by Crippen LogP contribution is -2.41. The lowest BCUT2D eigenvalue weighted by molar-refractivity contribution is 0.0503. The Morgan fingerprint density at radius 1 is 1.31 bits per heavy atom. The quantitative estimate of drug-likeness (QED) is 0.665. The fourth-order valence-corrected chi connectivity index (χ4v) is 2.12. The highest BCUT2D eigenvalue weighted by Gasteiger charge is 2.34. The summed E-state index contributed by atoms with van der Waals surface area (Å²) in [7, 11) is -4.36. The molecule has 1 atom stereocenters. The molecule has 0 radical (unpaired) electrons. The first-order valence-corrected chi connectivity index (χ1v) is 6.66. The van der Waals surface area contributed by atoms with Gasteiger partial charge in [0.25, 0.3) is 0 Å². The second-order valence-corrected chi connectivity index (χ2v) is 6.66. The Hall–Kier alpha value is -0.580. The zero-order valence-electron chi connectivity index (χ0n) is 10.2. The first-order chi connectivity index (χ1) is 6.93. The van der Waals surface area contributed by atoms with E-state index in [1.165, 1.54) is 0 Å². The molecule has 0 saturated carbocycles. The molecule has 0 aliphatic carbocycles. The van der Waals surface area contributed by atoms with Gasteiger partial charge in [-0.25, -0.2) is 4.79 Å². The van der Waals surface area contributed by atoms with Crippen LogP contribution in [-0.4, -0.2) is 27.3 Å². The zero-order chi connectivity index (χ0) is 13.1. The molecule has 0 aliphatic heterocycles. The molecular formula is C9H20NO5P. The van der Waals surface area contributed by atoms with Gasteiger partial charge in [-0.3, -0.25) is 4.57 Å². The third-order valence-corrected chi connectivity index (χ3v) is 3.11. The Morgan fingerprint density at radius 2 is 1.75 bits per heavy atom. The summed E-state index contributed by atoms with van der Waals surface area (Å²) >= 11 is 0. The molecule has 0 aliphatic rings. The minimum atomic E-state index is -4.36. The van der Waals surface area contributed by atoms with Gasteiger partial charge in [0, 0.05) is 0 Å². The van der Waals surface area contributed by atoms with E-state index in [4.69, 9.17) is 14.5 Å². The topological polar surface area (TPSA) is 95.9 Å². The summed E-state index contributed by atoms with van der Waals surface area (Å²) in [6.07, 6.45) is -0.825. The molecule has 0 aromatic carbocycles. The van der Waals surface area contributed by atoms with Crippen LogP contribution < -0.4 is 5.32 Å². The van der Waals surface area contributed by atoms with Gasteiger partial charge in [0.15, 0.2) is 0 Å². The van der Waals surface area contributed by atoms with E-state index in [0.29, 0.717) is 0 Å². The van der Waals surface area contributed by atoms with Gasteiger partial charge < -0.3 is 19.8 Å². The van der Waals surface area contributed by atoms with Gasteiger partial charge in [0.05, 0.1) is 0 Å². The highest BCUT2D eigenvalue weighted by atomic mass is 31.2. The molecule has 0 bridgehead atoms. The molecule has 96 valence electrons. The molecule has 6 nitrogen and oxygen atoms in total. The standard InChI is InChI=1S/C9H20NO5P/c1-6(2)7(16(12,13)14)10-8(11)15-9(3,4)5/h6-7H,1-5H3,(H,10,11)(H2,12,13,14). The molecule has 0 heterocycles. The third kappa shape index (κ3) is 6.10. The maximum atomic E-state index is 11.3. The van der Waals surface area contributed by atoms with Crippen LogP contribution in [0.1, 0.15) is 34.6 Å². The summed E-state index contributed by atoms with van der Waals surface area (Å²) in [6.45, 7) is 8.25. The second kappa shape index (κ2) is 5.17. The minimum Gasteiger partial charge on any atom is -0.444 e. The van der Waals surface area contributed by atoms with E-state index >= 15 is 0 Å². The van der Waals surface area contributed by atoms with Crippen LogP contribution in [0.25, 0.3) is 0 Å². The van der Waals surface area contributed by atoms with Crippen molar-refractivity contribution in [3.63, 3.8) is 0 Å². The highest BCUT2D eigenvalue weighted by molar-refractivity contribution is 7.52. The molecule has 1 unspecified atom stereocenters. The molecule has 0 rings (SSSR count). The maximum absolute atomic E-state index is 11.3. The number of alkyl carbamates (subject to hydrolysis) is 1. The van der Waals surface area contributed by atoms with Crippen molar-refractivity contribution in [2.45, 2.75) is 46.0 Å². The van der Waals surface area contributed by atoms with Crippen molar-refractivity contribution < 1.29 is 23.9 Å². The van der Waals surface area contributed by atoms with E-state index in [2.05, 4.69) is 5.32 Å². The van der Waals surface area contributed by atoms with E-state index in [9.17, 15) is 9.36 Å². The van der Waals surface area contributed by atoms with Gasteiger partial charge >= 0.3 is 13.7 Å². The number of carbonyl (C=O) groups excluding carboxylic acids is 1. The maximum Gasteiger partial charge on any atom is 0.408 e. The summed E-state index contributed by atoms with van der Waals surface area (Å²) < 4.78 is 16.0. The van der Waals surface area contributed by atoms with Crippen molar-refractivity contribution in [3.8, 4) is 0 Å². The first kappa shape index (κ1) is 15.4. The molecular weight excluding hydrogens is 233 g/mol. The number of ether oxygens (including phenoxy) is 1. The summed E-state index contributed by atoms with van der Waals surface area (Å²) in [5.74, 6) is -1.60. The summed E-state index contributed by atoms with van der Waals surface area (Å²) in [4.78, 5) is 29.4. The summed E-state index contributed by atoms with van der Waals surface area (Å²) in [5, 5.41) is 2.19. The SMILES string of the molecule is CC(C)C(NC(=O)OC(C)(C)C)P(=O)(O)O. The van der Waals surface area contributed by atoms with Crippen molar-refractivity contribution in [1.82, 2.24) is 5.32 Å².